The lowest BCUT2D eigenvalue weighted by molar-refractivity contribution is 0.100. The van der Waals surface area contributed by atoms with E-state index in [2.05, 4.69) is 20.0 Å². The van der Waals surface area contributed by atoms with Crippen molar-refractivity contribution in [1.29, 1.82) is 0 Å². The first-order valence-electron chi connectivity index (χ1n) is 9.07. The Morgan fingerprint density at radius 1 is 1.39 bits per heavy atom. The van der Waals surface area contributed by atoms with Crippen molar-refractivity contribution in [3.05, 3.63) is 35.9 Å². The van der Waals surface area contributed by atoms with E-state index in [1.54, 1.807) is 17.2 Å². The Morgan fingerprint density at radius 2 is 2.29 bits per heavy atom. The molecular weight excluding hydrogens is 400 g/mol. The highest BCUT2D eigenvalue weighted by molar-refractivity contribution is 7.20. The van der Waals surface area contributed by atoms with E-state index >= 15 is 0 Å². The average Bonchev–Trinajstić information content (AvgIpc) is 3.35. The second-order valence-corrected chi connectivity index (χ2v) is 7.63. The van der Waals surface area contributed by atoms with E-state index in [9.17, 15) is 4.79 Å². The van der Waals surface area contributed by atoms with Gasteiger partial charge in [-0.05, 0) is 31.4 Å². The molecule has 1 aliphatic rings. The molecule has 3 aromatic rings. The Kier molecular flexibility index (Phi) is 6.82. The first-order valence-corrected chi connectivity index (χ1v) is 9.89. The number of carbonyl (C=O) groups is 1. The summed E-state index contributed by atoms with van der Waals surface area (Å²) >= 11 is 1.35. The molecule has 28 heavy (non-hydrogen) atoms. The molecule has 1 fully saturated rings. The number of nitrogens with two attached hydrogens (primary N) is 1. The fourth-order valence-electron chi connectivity index (χ4n) is 3.51. The molecule has 1 saturated heterocycles. The summed E-state index contributed by atoms with van der Waals surface area (Å²) in [5.74, 6) is -0.407. The van der Waals surface area contributed by atoms with Gasteiger partial charge >= 0.3 is 0 Å². The Bertz CT molecular complexity index is 916. The zero-order valence-electron chi connectivity index (χ0n) is 15.4. The monoisotopic (exact) mass is 422 g/mol. The number of primary amides is 1. The van der Waals surface area contributed by atoms with Crippen LogP contribution in [-0.4, -0.2) is 51.5 Å². The van der Waals surface area contributed by atoms with E-state index in [0.717, 1.165) is 35.3 Å². The number of pyridine rings is 1. The molecule has 10 heteroatoms. The van der Waals surface area contributed by atoms with E-state index in [4.69, 9.17) is 10.5 Å². The number of ether oxygens (including phenoxy) is 1. The van der Waals surface area contributed by atoms with Crippen molar-refractivity contribution < 1.29 is 9.53 Å². The zero-order chi connectivity index (χ0) is 18.6. The second kappa shape index (κ2) is 9.31. The van der Waals surface area contributed by atoms with Crippen molar-refractivity contribution in [2.75, 3.05) is 24.7 Å². The molecule has 0 aromatic carbocycles. The minimum atomic E-state index is -0.407. The number of halogens is 1. The number of rotatable bonds is 7. The Hall–Kier alpha value is -2.23. The van der Waals surface area contributed by atoms with Crippen LogP contribution >= 0.6 is 23.7 Å². The van der Waals surface area contributed by atoms with Crippen LogP contribution in [0.25, 0.3) is 10.2 Å². The Balaban J connectivity index is 0.00000225. The molecule has 3 aromatic heterocycles. The third-order valence-corrected chi connectivity index (χ3v) is 5.89. The van der Waals surface area contributed by atoms with Gasteiger partial charge in [-0.2, -0.15) is 5.10 Å². The molecule has 1 aliphatic heterocycles. The van der Waals surface area contributed by atoms with Crippen LogP contribution in [0.15, 0.2) is 31.0 Å². The van der Waals surface area contributed by atoms with Crippen LogP contribution in [-0.2, 0) is 11.3 Å². The number of thiophene rings is 1. The molecule has 0 bridgehead atoms. The molecule has 8 nitrogen and oxygen atoms in total. The maximum absolute atomic E-state index is 11.6. The molecule has 0 aliphatic carbocycles. The predicted molar refractivity (Wildman–Crippen MR) is 111 cm³/mol. The molecule has 0 radical (unpaired) electrons. The number of fused-ring (bicyclic) bond motifs is 1. The highest BCUT2D eigenvalue weighted by Crippen LogP contribution is 2.34. The van der Waals surface area contributed by atoms with Crippen LogP contribution in [0.5, 0.6) is 0 Å². The fraction of sp³-hybridized carbons (Fsp3) is 0.444. The van der Waals surface area contributed by atoms with Gasteiger partial charge in [0, 0.05) is 23.8 Å². The van der Waals surface area contributed by atoms with Crippen LogP contribution in [0.2, 0.25) is 0 Å². The van der Waals surface area contributed by atoms with Crippen LogP contribution in [0.4, 0.5) is 5.69 Å². The SMILES string of the molecule is Cl.NC(=O)c1cc2c(N3CCCC[C@H]3COCCn3cncn3)ccnc2s1. The quantitative estimate of drug-likeness (QED) is 0.587. The van der Waals surface area contributed by atoms with E-state index in [1.165, 1.54) is 24.1 Å². The number of piperidine rings is 1. The maximum Gasteiger partial charge on any atom is 0.258 e. The van der Waals surface area contributed by atoms with Crippen LogP contribution in [0, 0.1) is 0 Å². The van der Waals surface area contributed by atoms with Crippen LogP contribution in [0.3, 0.4) is 0 Å². The van der Waals surface area contributed by atoms with E-state index in [-0.39, 0.29) is 12.4 Å². The summed E-state index contributed by atoms with van der Waals surface area (Å²) in [6, 6.07) is 4.19. The molecule has 1 amide bonds. The molecule has 4 rings (SSSR count). The van der Waals surface area contributed by atoms with Crippen LogP contribution < -0.4 is 10.6 Å². The summed E-state index contributed by atoms with van der Waals surface area (Å²) < 4.78 is 7.70. The summed E-state index contributed by atoms with van der Waals surface area (Å²) in [4.78, 5) is 23.7. The van der Waals surface area contributed by atoms with Gasteiger partial charge in [0.05, 0.1) is 30.7 Å². The molecule has 0 spiro atoms. The van der Waals surface area contributed by atoms with E-state index < -0.39 is 5.91 Å². The third kappa shape index (κ3) is 4.43. The Morgan fingerprint density at radius 3 is 3.07 bits per heavy atom. The zero-order valence-corrected chi connectivity index (χ0v) is 17.0. The number of aromatic nitrogens is 4. The normalized spacial score (nSPS) is 16.9. The summed E-state index contributed by atoms with van der Waals surface area (Å²) in [6.07, 6.45) is 8.44. The van der Waals surface area contributed by atoms with Gasteiger partial charge in [-0.1, -0.05) is 0 Å². The van der Waals surface area contributed by atoms with Gasteiger partial charge in [0.25, 0.3) is 5.91 Å². The summed E-state index contributed by atoms with van der Waals surface area (Å²) in [5, 5.41) is 5.08. The maximum atomic E-state index is 11.6. The van der Waals surface area contributed by atoms with Gasteiger partial charge in [0.2, 0.25) is 0 Å². The van der Waals surface area contributed by atoms with Gasteiger partial charge in [-0.15, -0.1) is 23.7 Å². The van der Waals surface area contributed by atoms with Crippen molar-refractivity contribution in [1.82, 2.24) is 19.7 Å². The van der Waals surface area contributed by atoms with Crippen molar-refractivity contribution in [3.63, 3.8) is 0 Å². The number of hydrogen-bond acceptors (Lipinski definition) is 7. The van der Waals surface area contributed by atoms with Gasteiger partial charge < -0.3 is 15.4 Å². The molecule has 0 saturated carbocycles. The standard InChI is InChI=1S/C18H22N6O2S.ClH/c19-17(25)16-9-14-15(4-5-21-18(14)27-16)24-6-2-1-3-13(24)10-26-8-7-23-12-20-11-22-23;/h4-5,9,11-13H,1-3,6-8,10H2,(H2,19,25);1H/t13-;/m0./s1. The average molecular weight is 423 g/mol. The second-order valence-electron chi connectivity index (χ2n) is 6.60. The lowest BCUT2D eigenvalue weighted by atomic mass is 10.0. The molecule has 4 heterocycles. The molecule has 1 atom stereocenters. The smallest absolute Gasteiger partial charge is 0.258 e. The number of nitrogens with zero attached hydrogens (tertiary/aromatic N) is 5. The minimum Gasteiger partial charge on any atom is -0.377 e. The summed E-state index contributed by atoms with van der Waals surface area (Å²) in [6.45, 7) is 2.92. The van der Waals surface area contributed by atoms with Crippen molar-refractivity contribution >= 4 is 45.6 Å². The number of carbonyl (C=O) groups excluding carboxylic acids is 1. The lowest BCUT2D eigenvalue weighted by Gasteiger charge is -2.37. The van der Waals surface area contributed by atoms with Crippen molar-refractivity contribution in [3.8, 4) is 0 Å². The van der Waals surface area contributed by atoms with E-state index in [0.29, 0.717) is 30.7 Å². The first-order chi connectivity index (χ1) is 13.2. The van der Waals surface area contributed by atoms with Gasteiger partial charge in [-0.25, -0.2) is 9.97 Å². The third-order valence-electron chi connectivity index (χ3n) is 4.83. The summed E-state index contributed by atoms with van der Waals surface area (Å²) in [5.41, 5.74) is 6.56. The number of hydrogen-bond donors (Lipinski definition) is 1. The topological polar surface area (TPSA) is 99.2 Å². The van der Waals surface area contributed by atoms with Crippen molar-refractivity contribution in [2.45, 2.75) is 31.8 Å². The van der Waals surface area contributed by atoms with Gasteiger partial charge in [-0.3, -0.25) is 9.48 Å². The lowest BCUT2D eigenvalue weighted by Crippen LogP contribution is -2.42. The molecule has 0 unspecified atom stereocenters. The highest BCUT2D eigenvalue weighted by atomic mass is 35.5. The van der Waals surface area contributed by atoms with E-state index in [1.807, 2.05) is 12.1 Å². The fourth-order valence-corrected chi connectivity index (χ4v) is 4.39. The highest BCUT2D eigenvalue weighted by Gasteiger charge is 2.25. The van der Waals surface area contributed by atoms with Crippen molar-refractivity contribution in [2.24, 2.45) is 5.73 Å². The number of amides is 1. The predicted octanol–water partition coefficient (Wildman–Crippen LogP) is 2.48. The Labute approximate surface area is 173 Å². The van der Waals surface area contributed by atoms with Crippen LogP contribution in [0.1, 0.15) is 28.9 Å². The molecular formula is C18H23ClN6O2S. The number of anilines is 1. The summed E-state index contributed by atoms with van der Waals surface area (Å²) in [7, 11) is 0. The van der Waals surface area contributed by atoms with Gasteiger partial charge in [0.1, 0.15) is 17.5 Å². The molecule has 2 N–H and O–H groups in total. The molecule has 150 valence electrons. The largest absolute Gasteiger partial charge is 0.377 e. The minimum absolute atomic E-state index is 0. The first kappa shape index (κ1) is 20.5. The van der Waals surface area contributed by atoms with Gasteiger partial charge in [0.15, 0.2) is 0 Å².